The van der Waals surface area contributed by atoms with Crippen LogP contribution in [0.25, 0.3) is 0 Å². The molecule has 1 heterocycles. The number of nitrogens with zero attached hydrogens (tertiary/aromatic N) is 2. The second-order valence-corrected chi connectivity index (χ2v) is 10.5. The van der Waals surface area contributed by atoms with E-state index in [4.69, 9.17) is 0 Å². The first-order valence-corrected chi connectivity index (χ1v) is 11.8. The third-order valence-electron chi connectivity index (χ3n) is 6.48. The summed E-state index contributed by atoms with van der Waals surface area (Å²) in [7, 11) is -4.34. The topological polar surface area (TPSA) is 77.9 Å². The summed E-state index contributed by atoms with van der Waals surface area (Å²) in [5.41, 5.74) is -0.237. The molecule has 2 aliphatic rings. The maximum atomic E-state index is 14.0. The number of anilines is 1. The van der Waals surface area contributed by atoms with Crippen molar-refractivity contribution in [1.29, 1.82) is 0 Å². The Hall–Kier alpha value is -2.66. The Labute approximate surface area is 188 Å². The van der Waals surface area contributed by atoms with Gasteiger partial charge in [0.15, 0.2) is 0 Å². The molecule has 1 fully saturated rings. The SMILES string of the molecule is C[C@H]1CN(c2ccc(C(F)(F)F)c(F)c2)CCN1S(=O)(=O)C1(C(=O)O)CCc2ccccc21. The molecule has 1 saturated heterocycles. The molecular formula is C22H22F4N2O4S. The molecule has 4 rings (SSSR count). The highest BCUT2D eigenvalue weighted by Crippen LogP contribution is 2.46. The first-order chi connectivity index (χ1) is 15.4. The van der Waals surface area contributed by atoms with Gasteiger partial charge in [-0.15, -0.1) is 0 Å². The first-order valence-electron chi connectivity index (χ1n) is 10.3. The van der Waals surface area contributed by atoms with Gasteiger partial charge in [-0.3, -0.25) is 4.79 Å². The number of aryl methyl sites for hydroxylation is 1. The van der Waals surface area contributed by atoms with Crippen LogP contribution in [0.5, 0.6) is 0 Å². The standard InChI is InChI=1S/C22H22F4N2O4S/c1-14-13-27(16-6-7-18(19(23)12-16)22(24,25)26)10-11-28(14)33(31,32)21(20(29)30)9-8-15-4-2-3-5-17(15)21/h2-7,12,14H,8-11,13H2,1H3,(H,29,30)/t14-,21?/m0/s1. The highest BCUT2D eigenvalue weighted by Gasteiger charge is 2.59. The largest absolute Gasteiger partial charge is 0.480 e. The molecular weight excluding hydrogens is 464 g/mol. The van der Waals surface area contributed by atoms with E-state index in [9.17, 15) is 35.9 Å². The molecule has 1 unspecified atom stereocenters. The Bertz CT molecular complexity index is 1200. The zero-order chi connectivity index (χ0) is 24.2. The number of carboxylic acid groups (broad SMARTS) is 1. The van der Waals surface area contributed by atoms with Crippen molar-refractivity contribution in [3.05, 3.63) is 65.0 Å². The number of piperazine rings is 1. The normalized spacial score (nSPS) is 24.0. The van der Waals surface area contributed by atoms with Gasteiger partial charge in [0.2, 0.25) is 14.8 Å². The minimum absolute atomic E-state index is 0.0708. The van der Waals surface area contributed by atoms with Gasteiger partial charge in [0.25, 0.3) is 0 Å². The summed E-state index contributed by atoms with van der Waals surface area (Å²) < 4.78 is 79.1. The fourth-order valence-electron chi connectivity index (χ4n) is 4.84. The van der Waals surface area contributed by atoms with Gasteiger partial charge < -0.3 is 10.0 Å². The molecule has 33 heavy (non-hydrogen) atoms. The van der Waals surface area contributed by atoms with Crippen molar-refractivity contribution in [2.75, 3.05) is 24.5 Å². The van der Waals surface area contributed by atoms with Gasteiger partial charge in [0.05, 0.1) is 5.56 Å². The number of alkyl halides is 3. The Balaban J connectivity index is 1.62. The van der Waals surface area contributed by atoms with Gasteiger partial charge in [-0.1, -0.05) is 24.3 Å². The lowest BCUT2D eigenvalue weighted by molar-refractivity contribution is -0.141. The summed E-state index contributed by atoms with van der Waals surface area (Å²) in [5, 5.41) is 10.1. The van der Waals surface area contributed by atoms with Crippen LogP contribution >= 0.6 is 0 Å². The second kappa shape index (κ2) is 7.98. The molecule has 11 heteroatoms. The lowest BCUT2D eigenvalue weighted by atomic mass is 10.0. The van der Waals surface area contributed by atoms with Gasteiger partial charge in [-0.2, -0.15) is 17.5 Å². The zero-order valence-electron chi connectivity index (χ0n) is 17.6. The van der Waals surface area contributed by atoms with Crippen LogP contribution in [0.4, 0.5) is 23.2 Å². The average Bonchev–Trinajstić information content (AvgIpc) is 3.14. The van der Waals surface area contributed by atoms with Crippen LogP contribution in [-0.2, 0) is 32.2 Å². The third-order valence-corrected chi connectivity index (χ3v) is 9.12. The molecule has 1 aliphatic carbocycles. The first kappa shape index (κ1) is 23.5. The number of carboxylic acids is 1. The van der Waals surface area contributed by atoms with E-state index in [2.05, 4.69) is 0 Å². The highest BCUT2D eigenvalue weighted by molar-refractivity contribution is 7.90. The number of rotatable bonds is 4. The van der Waals surface area contributed by atoms with Crippen LogP contribution in [0, 0.1) is 5.82 Å². The summed E-state index contributed by atoms with van der Waals surface area (Å²) in [6.45, 7) is 1.66. The van der Waals surface area contributed by atoms with Crippen LogP contribution in [0.1, 0.15) is 30.0 Å². The van der Waals surface area contributed by atoms with Crippen LogP contribution in [0.15, 0.2) is 42.5 Å². The molecule has 0 aromatic heterocycles. The number of halogens is 4. The van der Waals surface area contributed by atoms with E-state index >= 15 is 0 Å². The van der Waals surface area contributed by atoms with E-state index in [1.165, 1.54) is 6.07 Å². The average molecular weight is 486 g/mol. The van der Waals surface area contributed by atoms with Crippen molar-refractivity contribution in [3.8, 4) is 0 Å². The number of aliphatic carboxylic acids is 1. The van der Waals surface area contributed by atoms with Crippen LogP contribution in [-0.4, -0.2) is 49.5 Å². The predicted octanol–water partition coefficient (Wildman–Crippen LogP) is 3.61. The molecule has 2 aromatic rings. The van der Waals surface area contributed by atoms with Gasteiger partial charge in [0.1, 0.15) is 5.82 Å². The van der Waals surface area contributed by atoms with Gasteiger partial charge >= 0.3 is 12.1 Å². The molecule has 0 bridgehead atoms. The summed E-state index contributed by atoms with van der Waals surface area (Å²) in [6, 6.07) is 8.49. The van der Waals surface area contributed by atoms with Gasteiger partial charge in [-0.05, 0) is 49.1 Å². The van der Waals surface area contributed by atoms with Gasteiger partial charge in [0, 0.05) is 31.4 Å². The van der Waals surface area contributed by atoms with Crippen molar-refractivity contribution < 1.29 is 35.9 Å². The molecule has 0 amide bonds. The summed E-state index contributed by atoms with van der Waals surface area (Å²) in [4.78, 5) is 14.0. The number of hydrogen-bond acceptors (Lipinski definition) is 4. The molecule has 6 nitrogen and oxygen atoms in total. The zero-order valence-corrected chi connectivity index (χ0v) is 18.5. The molecule has 0 radical (unpaired) electrons. The summed E-state index contributed by atoms with van der Waals surface area (Å²) >= 11 is 0. The van der Waals surface area contributed by atoms with Crippen molar-refractivity contribution in [2.24, 2.45) is 0 Å². The Morgan fingerprint density at radius 2 is 1.85 bits per heavy atom. The number of sulfonamides is 1. The minimum atomic E-state index is -4.81. The number of hydrogen-bond donors (Lipinski definition) is 1. The van der Waals surface area contributed by atoms with Crippen LogP contribution in [0.2, 0.25) is 0 Å². The van der Waals surface area contributed by atoms with Crippen LogP contribution in [0.3, 0.4) is 0 Å². The molecule has 2 atom stereocenters. The number of benzene rings is 2. The Kier molecular flexibility index (Phi) is 5.68. The summed E-state index contributed by atoms with van der Waals surface area (Å²) in [5.74, 6) is -2.85. The number of fused-ring (bicyclic) bond motifs is 1. The van der Waals surface area contributed by atoms with E-state index in [-0.39, 0.29) is 37.3 Å². The van der Waals surface area contributed by atoms with Crippen molar-refractivity contribution >= 4 is 21.7 Å². The third kappa shape index (κ3) is 3.67. The molecule has 1 N–H and O–H groups in total. The van der Waals surface area contributed by atoms with E-state index in [0.717, 1.165) is 16.4 Å². The predicted molar refractivity (Wildman–Crippen MR) is 113 cm³/mol. The van der Waals surface area contributed by atoms with Crippen molar-refractivity contribution in [1.82, 2.24) is 4.31 Å². The Morgan fingerprint density at radius 1 is 1.15 bits per heavy atom. The lowest BCUT2D eigenvalue weighted by Crippen LogP contribution is -2.59. The van der Waals surface area contributed by atoms with Crippen molar-refractivity contribution in [2.45, 2.75) is 36.7 Å². The summed E-state index contributed by atoms with van der Waals surface area (Å²) in [6.07, 6.45) is -4.58. The fourth-order valence-corrected chi connectivity index (χ4v) is 7.16. The molecule has 1 aliphatic heterocycles. The van der Waals surface area contributed by atoms with Gasteiger partial charge in [-0.25, -0.2) is 12.8 Å². The molecule has 0 saturated carbocycles. The van der Waals surface area contributed by atoms with E-state index in [0.29, 0.717) is 18.1 Å². The van der Waals surface area contributed by atoms with Crippen molar-refractivity contribution in [3.63, 3.8) is 0 Å². The van der Waals surface area contributed by atoms with E-state index in [1.807, 2.05) is 0 Å². The highest BCUT2D eigenvalue weighted by atomic mass is 32.2. The monoisotopic (exact) mass is 486 g/mol. The molecule has 178 valence electrons. The minimum Gasteiger partial charge on any atom is -0.480 e. The van der Waals surface area contributed by atoms with Crippen LogP contribution < -0.4 is 4.90 Å². The second-order valence-electron chi connectivity index (χ2n) is 8.36. The molecule has 2 aromatic carbocycles. The van der Waals surface area contributed by atoms with E-state index in [1.54, 1.807) is 30.0 Å². The smallest absolute Gasteiger partial charge is 0.419 e. The maximum absolute atomic E-state index is 14.0. The fraction of sp³-hybridized carbons (Fsp3) is 0.409. The molecule has 0 spiro atoms. The quantitative estimate of drug-likeness (QED) is 0.669. The lowest BCUT2D eigenvalue weighted by Gasteiger charge is -2.43. The van der Waals surface area contributed by atoms with E-state index < -0.39 is 44.3 Å². The Morgan fingerprint density at radius 3 is 2.45 bits per heavy atom. The maximum Gasteiger partial charge on any atom is 0.419 e. The number of carbonyl (C=O) groups is 1.